The number of halogens is 1. The number of nitrogen functional groups attached to an aromatic ring is 1. The fraction of sp³-hybridized carbons (Fsp3) is 0. The molecule has 7 heteroatoms. The number of aromatic nitrogens is 1. The number of nitrogens with zero attached hydrogens (tertiary/aromatic N) is 2. The van der Waals surface area contributed by atoms with E-state index in [1.807, 2.05) is 36.4 Å². The maximum absolute atomic E-state index is 12.2. The first-order valence-corrected chi connectivity index (χ1v) is 8.63. The van der Waals surface area contributed by atoms with Crippen LogP contribution >= 0.6 is 23.4 Å². The van der Waals surface area contributed by atoms with Crippen LogP contribution < -0.4 is 11.3 Å². The molecule has 1 aromatic heterocycles. The predicted octanol–water partition coefficient (Wildman–Crippen LogP) is 4.17. The molecule has 3 N–H and O–H groups in total. The Labute approximate surface area is 158 Å². The van der Waals surface area contributed by atoms with Gasteiger partial charge in [-0.1, -0.05) is 41.6 Å². The lowest BCUT2D eigenvalue weighted by molar-refractivity contribution is 1.20. The van der Waals surface area contributed by atoms with Crippen molar-refractivity contribution in [3.63, 3.8) is 0 Å². The molecule has 0 amide bonds. The molecule has 0 atom stereocenters. The minimum absolute atomic E-state index is 0.0576. The largest absolute Gasteiger partial charge is 0.384 e. The highest BCUT2D eigenvalue weighted by molar-refractivity contribution is 7.99. The summed E-state index contributed by atoms with van der Waals surface area (Å²) in [6.45, 7) is 0. The first-order valence-electron chi connectivity index (χ1n) is 7.44. The van der Waals surface area contributed by atoms with E-state index < -0.39 is 5.56 Å². The van der Waals surface area contributed by atoms with E-state index in [4.69, 9.17) is 17.3 Å². The highest BCUT2D eigenvalue weighted by Gasteiger charge is 2.20. The molecule has 3 rings (SSSR count). The van der Waals surface area contributed by atoms with E-state index in [-0.39, 0.29) is 22.5 Å². The molecule has 0 radical (unpaired) electrons. The van der Waals surface area contributed by atoms with Crippen LogP contribution in [0.4, 0.5) is 5.82 Å². The second kappa shape index (κ2) is 7.37. The van der Waals surface area contributed by atoms with Crippen LogP contribution in [0.15, 0.2) is 63.1 Å². The Morgan fingerprint density at radius 3 is 2.31 bits per heavy atom. The number of nitrogens with one attached hydrogen (secondary N) is 1. The van der Waals surface area contributed by atoms with Gasteiger partial charge in [0.2, 0.25) is 0 Å². The quantitative estimate of drug-likeness (QED) is 0.711. The van der Waals surface area contributed by atoms with Crippen LogP contribution in [0.1, 0.15) is 11.1 Å². The van der Waals surface area contributed by atoms with E-state index in [2.05, 4.69) is 4.98 Å². The highest BCUT2D eigenvalue weighted by atomic mass is 35.5. The molecule has 0 bridgehead atoms. The Bertz CT molecular complexity index is 1120. The van der Waals surface area contributed by atoms with Crippen LogP contribution in [-0.4, -0.2) is 4.98 Å². The number of aromatic amines is 1. The molecule has 3 aromatic rings. The number of hydrogen-bond acceptors (Lipinski definition) is 5. The topological polar surface area (TPSA) is 106 Å². The lowest BCUT2D eigenvalue weighted by Gasteiger charge is -2.13. The Balaban J connectivity index is 2.24. The van der Waals surface area contributed by atoms with Gasteiger partial charge in [-0.05, 0) is 35.9 Å². The molecule has 26 heavy (non-hydrogen) atoms. The van der Waals surface area contributed by atoms with E-state index >= 15 is 0 Å². The van der Waals surface area contributed by atoms with Crippen LogP contribution in [0.5, 0.6) is 0 Å². The molecule has 5 nitrogen and oxygen atoms in total. The summed E-state index contributed by atoms with van der Waals surface area (Å²) in [5.74, 6) is -0.0576. The third kappa shape index (κ3) is 3.29. The van der Waals surface area contributed by atoms with Crippen molar-refractivity contribution in [1.29, 1.82) is 10.5 Å². The van der Waals surface area contributed by atoms with E-state index in [0.29, 0.717) is 10.6 Å². The standard InChI is InChI=1S/C19H11ClN4OS/c20-11-5-7-12(8-6-11)26-16-4-2-1-3-13(16)17-14(9-21)18(23)24-19(25)15(17)10-22/h1-8H,(H3,23,24,25). The molecule has 0 spiro atoms. The number of rotatable bonds is 3. The number of nitrogens with two attached hydrogens (primary N) is 1. The summed E-state index contributed by atoms with van der Waals surface area (Å²) >= 11 is 7.36. The van der Waals surface area contributed by atoms with Gasteiger partial charge in [-0.2, -0.15) is 10.5 Å². The number of anilines is 1. The van der Waals surface area contributed by atoms with Gasteiger partial charge in [-0.15, -0.1) is 0 Å². The Morgan fingerprint density at radius 1 is 1.00 bits per heavy atom. The number of benzene rings is 2. The zero-order valence-electron chi connectivity index (χ0n) is 13.3. The van der Waals surface area contributed by atoms with Crippen molar-refractivity contribution in [2.24, 2.45) is 0 Å². The second-order valence-electron chi connectivity index (χ2n) is 5.27. The monoisotopic (exact) mass is 378 g/mol. The smallest absolute Gasteiger partial charge is 0.268 e. The van der Waals surface area contributed by atoms with Crippen molar-refractivity contribution < 1.29 is 0 Å². The number of pyridine rings is 1. The Morgan fingerprint density at radius 2 is 1.65 bits per heavy atom. The molecular weight excluding hydrogens is 368 g/mol. The van der Waals surface area contributed by atoms with E-state index in [9.17, 15) is 15.3 Å². The van der Waals surface area contributed by atoms with Gasteiger partial charge >= 0.3 is 0 Å². The summed E-state index contributed by atoms with van der Waals surface area (Å²) in [6, 6.07) is 18.4. The average molecular weight is 379 g/mol. The SMILES string of the molecule is N#Cc1c(N)[nH]c(=O)c(C#N)c1-c1ccccc1Sc1ccc(Cl)cc1. The zero-order chi connectivity index (χ0) is 18.7. The minimum Gasteiger partial charge on any atom is -0.384 e. The van der Waals surface area contributed by atoms with Crippen molar-refractivity contribution >= 4 is 29.2 Å². The van der Waals surface area contributed by atoms with Crippen LogP contribution in [0.25, 0.3) is 11.1 Å². The molecule has 0 unspecified atom stereocenters. The van der Waals surface area contributed by atoms with Gasteiger partial charge in [0.15, 0.2) is 0 Å². The summed E-state index contributed by atoms with van der Waals surface area (Å²) < 4.78 is 0. The highest BCUT2D eigenvalue weighted by Crippen LogP contribution is 2.38. The van der Waals surface area contributed by atoms with Gasteiger partial charge in [-0.3, -0.25) is 4.79 Å². The fourth-order valence-corrected chi connectivity index (χ4v) is 3.58. The number of nitriles is 2. The van der Waals surface area contributed by atoms with Gasteiger partial charge in [0, 0.05) is 20.4 Å². The van der Waals surface area contributed by atoms with Crippen molar-refractivity contribution in [1.82, 2.24) is 4.98 Å². The second-order valence-corrected chi connectivity index (χ2v) is 6.82. The average Bonchev–Trinajstić information content (AvgIpc) is 2.63. The van der Waals surface area contributed by atoms with Crippen molar-refractivity contribution in [2.75, 3.05) is 5.73 Å². The summed E-state index contributed by atoms with van der Waals surface area (Å²) in [7, 11) is 0. The van der Waals surface area contributed by atoms with Crippen molar-refractivity contribution in [3.8, 4) is 23.3 Å². The first-order chi connectivity index (χ1) is 12.5. The van der Waals surface area contributed by atoms with Crippen LogP contribution in [0.2, 0.25) is 5.02 Å². The Hall–Kier alpha value is -3.19. The van der Waals surface area contributed by atoms with Gasteiger partial charge in [0.1, 0.15) is 29.1 Å². The van der Waals surface area contributed by atoms with Crippen LogP contribution in [0, 0.1) is 22.7 Å². The molecule has 1 heterocycles. The summed E-state index contributed by atoms with van der Waals surface area (Å²) in [5.41, 5.74) is 5.96. The fourth-order valence-electron chi connectivity index (χ4n) is 2.50. The minimum atomic E-state index is -0.620. The summed E-state index contributed by atoms with van der Waals surface area (Å²) in [4.78, 5) is 16.2. The van der Waals surface area contributed by atoms with E-state index in [1.165, 1.54) is 11.8 Å². The zero-order valence-corrected chi connectivity index (χ0v) is 14.9. The first kappa shape index (κ1) is 17.6. The van der Waals surface area contributed by atoms with E-state index in [1.54, 1.807) is 24.3 Å². The molecule has 126 valence electrons. The Kier molecular flexibility index (Phi) is 4.99. The molecule has 0 aliphatic rings. The number of hydrogen-bond donors (Lipinski definition) is 2. The van der Waals surface area contributed by atoms with Crippen molar-refractivity contribution in [3.05, 3.63) is 75.0 Å². The molecule has 0 fully saturated rings. The molecule has 2 aromatic carbocycles. The lowest BCUT2D eigenvalue weighted by Crippen LogP contribution is -2.16. The van der Waals surface area contributed by atoms with Crippen LogP contribution in [-0.2, 0) is 0 Å². The summed E-state index contributed by atoms with van der Waals surface area (Å²) in [6.07, 6.45) is 0. The molecule has 0 aliphatic heterocycles. The maximum Gasteiger partial charge on any atom is 0.268 e. The molecule has 0 saturated heterocycles. The lowest BCUT2D eigenvalue weighted by atomic mass is 9.96. The maximum atomic E-state index is 12.2. The molecular formula is C19H11ClN4OS. The van der Waals surface area contributed by atoms with Gasteiger partial charge in [0.05, 0.1) is 0 Å². The molecule has 0 aliphatic carbocycles. The number of H-pyrrole nitrogens is 1. The van der Waals surface area contributed by atoms with Crippen LogP contribution in [0.3, 0.4) is 0 Å². The normalized spacial score (nSPS) is 10.1. The van der Waals surface area contributed by atoms with Gasteiger partial charge in [-0.25, -0.2) is 0 Å². The predicted molar refractivity (Wildman–Crippen MR) is 102 cm³/mol. The summed E-state index contributed by atoms with van der Waals surface area (Å²) in [5, 5.41) is 19.6. The van der Waals surface area contributed by atoms with Gasteiger partial charge in [0.25, 0.3) is 5.56 Å². The van der Waals surface area contributed by atoms with Gasteiger partial charge < -0.3 is 10.7 Å². The third-order valence-corrected chi connectivity index (χ3v) is 5.00. The molecule has 0 saturated carbocycles. The van der Waals surface area contributed by atoms with Crippen molar-refractivity contribution in [2.45, 2.75) is 9.79 Å². The van der Waals surface area contributed by atoms with E-state index in [0.717, 1.165) is 9.79 Å². The third-order valence-electron chi connectivity index (χ3n) is 3.67.